The van der Waals surface area contributed by atoms with Crippen molar-refractivity contribution >= 4 is 35.8 Å². The van der Waals surface area contributed by atoms with Gasteiger partial charge in [0.15, 0.2) is 0 Å². The fraction of sp³-hybridized carbons (Fsp3) is 0.467. The number of thiol groups is 1. The number of rotatable bonds is 5. The summed E-state index contributed by atoms with van der Waals surface area (Å²) in [6.07, 6.45) is 0. The van der Waals surface area contributed by atoms with Gasteiger partial charge in [-0.25, -0.2) is 9.40 Å². The number of hydrogen-bond acceptors (Lipinski definition) is 7. The van der Waals surface area contributed by atoms with Gasteiger partial charge < -0.3 is 15.5 Å². The average Bonchev–Trinajstić information content (AvgIpc) is 3.08. The number of halogens is 1. The molecule has 0 saturated carbocycles. The van der Waals surface area contributed by atoms with E-state index < -0.39 is 5.82 Å². The number of carbonyl (C=O) groups is 2. The lowest BCUT2D eigenvalue weighted by Crippen LogP contribution is -2.48. The van der Waals surface area contributed by atoms with Gasteiger partial charge in [0, 0.05) is 25.7 Å². The molecule has 0 aromatic heterocycles. The van der Waals surface area contributed by atoms with Crippen molar-refractivity contribution < 1.29 is 14.0 Å². The highest BCUT2D eigenvalue weighted by Gasteiger charge is 2.23. The largest absolute Gasteiger partial charge is 0.358 e. The molecule has 1 aromatic rings. The first kappa shape index (κ1) is 17.5. The zero-order valence-electron chi connectivity index (χ0n) is 13.5. The summed E-state index contributed by atoms with van der Waals surface area (Å²) >= 11 is 3.89. The van der Waals surface area contributed by atoms with Gasteiger partial charge >= 0.3 is 0 Å². The summed E-state index contributed by atoms with van der Waals surface area (Å²) in [5.41, 5.74) is 0.974. The number of nitrogens with zero attached hydrogens (tertiary/aromatic N) is 4. The van der Waals surface area contributed by atoms with E-state index in [-0.39, 0.29) is 30.2 Å². The Hall–Kier alpha value is -2.36. The van der Waals surface area contributed by atoms with Gasteiger partial charge in [-0.2, -0.15) is 17.7 Å². The minimum atomic E-state index is -0.408. The van der Waals surface area contributed by atoms with E-state index in [1.807, 2.05) is 0 Å². The molecule has 1 unspecified atom stereocenters. The molecule has 0 spiro atoms. The number of nitrogens with one attached hydrogen (secondary N) is 2. The number of hydrogen-bond donors (Lipinski definition) is 3. The monoisotopic (exact) mass is 366 g/mol. The van der Waals surface area contributed by atoms with Crippen molar-refractivity contribution in [3.63, 3.8) is 0 Å². The molecule has 1 fully saturated rings. The summed E-state index contributed by atoms with van der Waals surface area (Å²) in [5.74, 6) is -0.573. The number of anilines is 2. The second-order valence-electron chi connectivity index (χ2n) is 5.81. The van der Waals surface area contributed by atoms with E-state index in [0.29, 0.717) is 37.6 Å². The molecule has 1 atom stereocenters. The standard InChI is InChI=1S/C15H19FN6O2S/c16-12-5-11(1-2-13(12)21-4-3-17-14(23)8-21)22-7-10(19-20-22)6-18-15(24)9-25/h1-2,5,10,25H,3-4,6-9H2,(H,17,23)(H,18,24). The molecule has 1 aromatic carbocycles. The van der Waals surface area contributed by atoms with Gasteiger partial charge in [0.2, 0.25) is 11.8 Å². The van der Waals surface area contributed by atoms with E-state index in [4.69, 9.17) is 0 Å². The molecule has 1 saturated heterocycles. The molecule has 25 heavy (non-hydrogen) atoms. The van der Waals surface area contributed by atoms with Gasteiger partial charge in [0.1, 0.15) is 11.9 Å². The zero-order valence-corrected chi connectivity index (χ0v) is 14.4. The van der Waals surface area contributed by atoms with Crippen LogP contribution >= 0.6 is 12.6 Å². The zero-order chi connectivity index (χ0) is 17.8. The van der Waals surface area contributed by atoms with Crippen LogP contribution in [0.4, 0.5) is 15.8 Å². The molecular weight excluding hydrogens is 347 g/mol. The van der Waals surface area contributed by atoms with Gasteiger partial charge in [-0.1, -0.05) is 5.22 Å². The molecule has 8 nitrogen and oxygen atoms in total. The quantitative estimate of drug-likeness (QED) is 0.657. The lowest BCUT2D eigenvalue weighted by atomic mass is 10.2. The predicted molar refractivity (Wildman–Crippen MR) is 94.5 cm³/mol. The van der Waals surface area contributed by atoms with Crippen LogP contribution < -0.4 is 20.5 Å². The third-order valence-corrected chi connectivity index (χ3v) is 4.28. The number of carbonyl (C=O) groups excluding carboxylic acids is 2. The molecule has 0 aliphatic carbocycles. The molecule has 0 radical (unpaired) electrons. The van der Waals surface area contributed by atoms with Gasteiger partial charge in [0.25, 0.3) is 0 Å². The lowest BCUT2D eigenvalue weighted by Gasteiger charge is -2.29. The minimum Gasteiger partial charge on any atom is -0.358 e. The van der Waals surface area contributed by atoms with Crippen molar-refractivity contribution in [3.8, 4) is 0 Å². The van der Waals surface area contributed by atoms with Crippen molar-refractivity contribution in [2.75, 3.05) is 48.4 Å². The van der Waals surface area contributed by atoms with E-state index in [0.717, 1.165) is 0 Å². The molecule has 2 heterocycles. The summed E-state index contributed by atoms with van der Waals surface area (Å²) in [6.45, 7) is 2.03. The topological polar surface area (TPSA) is 89.4 Å². The minimum absolute atomic E-state index is 0.117. The van der Waals surface area contributed by atoms with Crippen molar-refractivity contribution in [1.82, 2.24) is 10.6 Å². The molecule has 2 N–H and O–H groups in total. The van der Waals surface area contributed by atoms with Crippen LogP contribution in [0.15, 0.2) is 28.5 Å². The van der Waals surface area contributed by atoms with Crippen molar-refractivity contribution in [2.45, 2.75) is 6.04 Å². The van der Waals surface area contributed by atoms with Crippen LogP contribution in [-0.4, -0.2) is 56.3 Å². The second kappa shape index (κ2) is 7.68. The Bertz CT molecular complexity index is 701. The molecule has 0 bridgehead atoms. The Kier molecular flexibility index (Phi) is 5.37. The highest BCUT2D eigenvalue weighted by molar-refractivity contribution is 7.81. The van der Waals surface area contributed by atoms with E-state index in [1.165, 1.54) is 6.07 Å². The number of benzene rings is 1. The number of amides is 2. The average molecular weight is 366 g/mol. The van der Waals surface area contributed by atoms with E-state index >= 15 is 0 Å². The van der Waals surface area contributed by atoms with E-state index in [1.54, 1.807) is 22.0 Å². The Morgan fingerprint density at radius 1 is 1.48 bits per heavy atom. The molecule has 10 heteroatoms. The van der Waals surface area contributed by atoms with E-state index in [2.05, 4.69) is 33.6 Å². The lowest BCUT2D eigenvalue weighted by molar-refractivity contribution is -0.120. The van der Waals surface area contributed by atoms with Crippen LogP contribution in [0.1, 0.15) is 0 Å². The maximum Gasteiger partial charge on any atom is 0.239 e. The van der Waals surface area contributed by atoms with Crippen LogP contribution in [0, 0.1) is 5.82 Å². The maximum absolute atomic E-state index is 14.5. The molecule has 2 aliphatic heterocycles. The highest BCUT2D eigenvalue weighted by atomic mass is 32.1. The van der Waals surface area contributed by atoms with Gasteiger partial charge in [-0.3, -0.25) is 9.59 Å². The third-order valence-electron chi connectivity index (χ3n) is 3.99. The molecular formula is C15H19FN6O2S. The number of piperazine rings is 1. The SMILES string of the molecule is O=C(CS)NCC1CN(c2ccc(N3CCNC(=O)C3)c(F)c2)N=N1. The van der Waals surface area contributed by atoms with Gasteiger partial charge in [-0.15, -0.1) is 0 Å². The van der Waals surface area contributed by atoms with Crippen molar-refractivity contribution in [3.05, 3.63) is 24.0 Å². The first-order chi connectivity index (χ1) is 12.1. The summed E-state index contributed by atoms with van der Waals surface area (Å²) in [6, 6.07) is 4.60. The van der Waals surface area contributed by atoms with Crippen LogP contribution in [0.3, 0.4) is 0 Å². The highest BCUT2D eigenvalue weighted by Crippen LogP contribution is 2.27. The molecule has 3 rings (SSSR count). The van der Waals surface area contributed by atoms with E-state index in [9.17, 15) is 14.0 Å². The Morgan fingerprint density at radius 2 is 2.32 bits per heavy atom. The first-order valence-corrected chi connectivity index (χ1v) is 8.57. The van der Waals surface area contributed by atoms with Crippen molar-refractivity contribution in [2.24, 2.45) is 10.3 Å². The van der Waals surface area contributed by atoms with Crippen molar-refractivity contribution in [1.29, 1.82) is 0 Å². The summed E-state index contributed by atoms with van der Waals surface area (Å²) in [7, 11) is 0. The smallest absolute Gasteiger partial charge is 0.239 e. The van der Waals surface area contributed by atoms with Gasteiger partial charge in [-0.05, 0) is 12.1 Å². The first-order valence-electron chi connectivity index (χ1n) is 7.94. The third kappa shape index (κ3) is 4.19. The normalized spacial score (nSPS) is 19.9. The Morgan fingerprint density at radius 3 is 3.04 bits per heavy atom. The Labute approximate surface area is 149 Å². The predicted octanol–water partition coefficient (Wildman–Crippen LogP) is 0.364. The summed E-state index contributed by atoms with van der Waals surface area (Å²) < 4.78 is 14.5. The summed E-state index contributed by atoms with van der Waals surface area (Å²) in [5, 5.41) is 15.1. The van der Waals surface area contributed by atoms with Gasteiger partial charge in [0.05, 0.1) is 30.2 Å². The molecule has 2 aliphatic rings. The fourth-order valence-electron chi connectivity index (χ4n) is 2.72. The maximum atomic E-state index is 14.5. The second-order valence-corrected chi connectivity index (χ2v) is 6.13. The van der Waals surface area contributed by atoms with Crippen LogP contribution in [0.25, 0.3) is 0 Å². The van der Waals surface area contributed by atoms with Crippen LogP contribution in [0.5, 0.6) is 0 Å². The molecule has 134 valence electrons. The van der Waals surface area contributed by atoms with Crippen LogP contribution in [-0.2, 0) is 9.59 Å². The fourth-order valence-corrected chi connectivity index (χ4v) is 2.83. The molecule has 2 amide bonds. The Balaban J connectivity index is 1.62. The summed E-state index contributed by atoms with van der Waals surface area (Å²) in [4.78, 5) is 24.4. The van der Waals surface area contributed by atoms with Crippen LogP contribution in [0.2, 0.25) is 0 Å².